The number of rotatable bonds is 4. The SMILES string of the molecule is CC#CC(=O)N1CCOc2c1ccc1ncnc(NCc3cccc(OC)c3F)c21. The van der Waals surface area contributed by atoms with Crippen molar-refractivity contribution < 1.29 is 18.7 Å². The molecule has 0 unspecified atom stereocenters. The van der Waals surface area contributed by atoms with Gasteiger partial charge in [-0.25, -0.2) is 14.4 Å². The van der Waals surface area contributed by atoms with Crippen LogP contribution in [0.3, 0.4) is 0 Å². The predicted molar refractivity (Wildman–Crippen MR) is 111 cm³/mol. The Bertz CT molecular complexity index is 1190. The van der Waals surface area contributed by atoms with Crippen LogP contribution in [0.25, 0.3) is 10.9 Å². The van der Waals surface area contributed by atoms with Crippen molar-refractivity contribution >= 4 is 28.3 Å². The van der Waals surface area contributed by atoms with E-state index in [1.54, 1.807) is 42.2 Å². The number of amides is 1. The van der Waals surface area contributed by atoms with Crippen molar-refractivity contribution in [3.05, 3.63) is 48.0 Å². The van der Waals surface area contributed by atoms with E-state index in [4.69, 9.17) is 9.47 Å². The van der Waals surface area contributed by atoms with E-state index in [2.05, 4.69) is 27.1 Å². The number of methoxy groups -OCH3 is 1. The Morgan fingerprint density at radius 3 is 3.00 bits per heavy atom. The van der Waals surface area contributed by atoms with Gasteiger partial charge in [0, 0.05) is 12.1 Å². The van der Waals surface area contributed by atoms with Gasteiger partial charge in [-0.05, 0) is 31.0 Å². The van der Waals surface area contributed by atoms with E-state index in [9.17, 15) is 9.18 Å². The summed E-state index contributed by atoms with van der Waals surface area (Å²) in [5.74, 6) is 5.62. The fourth-order valence-corrected chi connectivity index (χ4v) is 3.38. The lowest BCUT2D eigenvalue weighted by Gasteiger charge is -2.29. The molecule has 0 saturated carbocycles. The Balaban J connectivity index is 1.74. The third-order valence-electron chi connectivity index (χ3n) is 4.77. The van der Waals surface area contributed by atoms with Gasteiger partial charge in [0.1, 0.15) is 18.8 Å². The lowest BCUT2D eigenvalue weighted by atomic mass is 10.1. The van der Waals surface area contributed by atoms with E-state index >= 15 is 0 Å². The molecular formula is C22H19FN4O3. The van der Waals surface area contributed by atoms with Gasteiger partial charge in [0.25, 0.3) is 0 Å². The second kappa shape index (κ2) is 8.25. The number of carbonyl (C=O) groups excluding carboxylic acids is 1. The van der Waals surface area contributed by atoms with Gasteiger partial charge in [-0.15, -0.1) is 0 Å². The fourth-order valence-electron chi connectivity index (χ4n) is 3.38. The van der Waals surface area contributed by atoms with E-state index in [-0.39, 0.29) is 18.2 Å². The van der Waals surface area contributed by atoms with Crippen molar-refractivity contribution in [2.45, 2.75) is 13.5 Å². The minimum absolute atomic E-state index is 0.175. The number of anilines is 2. The summed E-state index contributed by atoms with van der Waals surface area (Å²) in [4.78, 5) is 22.6. The molecule has 3 aromatic rings. The number of hydrogen-bond donors (Lipinski definition) is 1. The molecule has 0 radical (unpaired) electrons. The molecule has 1 amide bonds. The van der Waals surface area contributed by atoms with Crippen LogP contribution in [0, 0.1) is 17.7 Å². The van der Waals surface area contributed by atoms with Crippen LogP contribution >= 0.6 is 0 Å². The molecule has 0 bridgehead atoms. The molecule has 152 valence electrons. The Hall–Kier alpha value is -3.86. The third kappa shape index (κ3) is 3.46. The van der Waals surface area contributed by atoms with E-state index in [0.29, 0.717) is 46.9 Å². The van der Waals surface area contributed by atoms with Gasteiger partial charge in [-0.1, -0.05) is 18.1 Å². The number of halogens is 1. The zero-order valence-corrected chi connectivity index (χ0v) is 16.5. The van der Waals surface area contributed by atoms with Gasteiger partial charge in [-0.3, -0.25) is 9.69 Å². The van der Waals surface area contributed by atoms with E-state index in [1.165, 1.54) is 13.4 Å². The standard InChI is InChI=1S/C22H19FN4O3/c1-3-5-18(28)27-10-11-30-21-16(27)9-8-15-19(21)22(26-13-25-15)24-12-14-6-4-7-17(29-2)20(14)23/h4,6-9,13H,10-12H2,1-2H3,(H,24,25,26). The summed E-state index contributed by atoms with van der Waals surface area (Å²) in [5.41, 5.74) is 1.68. The van der Waals surface area contributed by atoms with Gasteiger partial charge in [0.05, 0.1) is 30.2 Å². The maximum atomic E-state index is 14.5. The van der Waals surface area contributed by atoms with Crippen LogP contribution in [0.15, 0.2) is 36.7 Å². The Morgan fingerprint density at radius 2 is 2.20 bits per heavy atom. The fraction of sp³-hybridized carbons (Fsp3) is 0.227. The molecule has 1 N–H and O–H groups in total. The highest BCUT2D eigenvalue weighted by Crippen LogP contribution is 2.40. The smallest absolute Gasteiger partial charge is 0.303 e. The molecule has 0 fully saturated rings. The average molecular weight is 406 g/mol. The number of aromatic nitrogens is 2. The first-order chi connectivity index (χ1) is 14.6. The van der Waals surface area contributed by atoms with Crippen molar-refractivity contribution in [1.82, 2.24) is 9.97 Å². The third-order valence-corrected chi connectivity index (χ3v) is 4.77. The monoisotopic (exact) mass is 406 g/mol. The van der Waals surface area contributed by atoms with Crippen LogP contribution in [0.5, 0.6) is 11.5 Å². The summed E-state index contributed by atoms with van der Waals surface area (Å²) in [6, 6.07) is 8.53. The topological polar surface area (TPSA) is 76.6 Å². The van der Waals surface area contributed by atoms with Crippen molar-refractivity contribution in [2.24, 2.45) is 0 Å². The molecule has 1 aliphatic rings. The quantitative estimate of drug-likeness (QED) is 0.671. The van der Waals surface area contributed by atoms with Crippen molar-refractivity contribution in [2.75, 3.05) is 30.5 Å². The minimum atomic E-state index is -0.431. The first-order valence-corrected chi connectivity index (χ1v) is 9.34. The molecule has 7 nitrogen and oxygen atoms in total. The van der Waals surface area contributed by atoms with Crippen LogP contribution in [-0.2, 0) is 11.3 Å². The maximum Gasteiger partial charge on any atom is 0.303 e. The summed E-state index contributed by atoms with van der Waals surface area (Å²) >= 11 is 0. The van der Waals surface area contributed by atoms with Crippen LogP contribution in [0.4, 0.5) is 15.9 Å². The second-order valence-electron chi connectivity index (χ2n) is 6.50. The highest BCUT2D eigenvalue weighted by Gasteiger charge is 2.26. The molecule has 2 heterocycles. The molecule has 0 saturated heterocycles. The highest BCUT2D eigenvalue weighted by molar-refractivity contribution is 6.10. The van der Waals surface area contributed by atoms with Gasteiger partial charge >= 0.3 is 5.91 Å². The molecule has 4 rings (SSSR count). The molecule has 0 spiro atoms. The summed E-state index contributed by atoms with van der Waals surface area (Å²) in [6.45, 7) is 2.52. The highest BCUT2D eigenvalue weighted by atomic mass is 19.1. The molecule has 0 aliphatic carbocycles. The number of nitrogens with zero attached hydrogens (tertiary/aromatic N) is 3. The van der Waals surface area contributed by atoms with Crippen LogP contribution in [0.2, 0.25) is 0 Å². The molecule has 1 aromatic heterocycles. The number of benzene rings is 2. The second-order valence-corrected chi connectivity index (χ2v) is 6.50. The number of nitrogens with one attached hydrogen (secondary N) is 1. The summed E-state index contributed by atoms with van der Waals surface area (Å²) < 4.78 is 25.4. The number of carbonyl (C=O) groups is 1. The normalized spacial score (nSPS) is 12.4. The average Bonchev–Trinajstić information content (AvgIpc) is 2.77. The van der Waals surface area contributed by atoms with Gasteiger partial charge in [-0.2, -0.15) is 0 Å². The molecule has 0 atom stereocenters. The molecule has 2 aromatic carbocycles. The first-order valence-electron chi connectivity index (χ1n) is 9.34. The van der Waals surface area contributed by atoms with Crippen LogP contribution in [0.1, 0.15) is 12.5 Å². The zero-order chi connectivity index (χ0) is 21.1. The molecule has 30 heavy (non-hydrogen) atoms. The Morgan fingerprint density at radius 1 is 1.33 bits per heavy atom. The van der Waals surface area contributed by atoms with Gasteiger partial charge in [0.15, 0.2) is 17.3 Å². The lowest BCUT2D eigenvalue weighted by molar-refractivity contribution is -0.113. The lowest BCUT2D eigenvalue weighted by Crippen LogP contribution is -2.37. The van der Waals surface area contributed by atoms with E-state index in [1.807, 2.05) is 0 Å². The largest absolute Gasteiger partial charge is 0.494 e. The van der Waals surface area contributed by atoms with Crippen LogP contribution < -0.4 is 19.7 Å². The van der Waals surface area contributed by atoms with Gasteiger partial charge < -0.3 is 14.8 Å². The van der Waals surface area contributed by atoms with E-state index in [0.717, 1.165) is 0 Å². The summed E-state index contributed by atoms with van der Waals surface area (Å²) in [7, 11) is 1.42. The van der Waals surface area contributed by atoms with Crippen LogP contribution in [-0.4, -0.2) is 36.1 Å². The predicted octanol–water partition coefficient (Wildman–Crippen LogP) is 3.14. The molecular weight excluding hydrogens is 387 g/mol. The van der Waals surface area contributed by atoms with Gasteiger partial charge in [0.2, 0.25) is 0 Å². The number of ether oxygens (including phenoxy) is 2. The number of fused-ring (bicyclic) bond motifs is 3. The molecule has 1 aliphatic heterocycles. The summed E-state index contributed by atoms with van der Waals surface area (Å²) in [5, 5.41) is 3.78. The number of hydrogen-bond acceptors (Lipinski definition) is 6. The van der Waals surface area contributed by atoms with E-state index < -0.39 is 5.82 Å². The first kappa shape index (κ1) is 19.5. The van der Waals surface area contributed by atoms with Crippen molar-refractivity contribution in [3.63, 3.8) is 0 Å². The maximum absolute atomic E-state index is 14.5. The van der Waals surface area contributed by atoms with Crippen molar-refractivity contribution in [3.8, 4) is 23.3 Å². The minimum Gasteiger partial charge on any atom is -0.494 e. The Labute approximate surface area is 172 Å². The van der Waals surface area contributed by atoms with Crippen molar-refractivity contribution in [1.29, 1.82) is 0 Å². The Kier molecular flexibility index (Phi) is 5.35. The molecule has 8 heteroatoms. The zero-order valence-electron chi connectivity index (χ0n) is 16.5. The summed E-state index contributed by atoms with van der Waals surface area (Å²) in [6.07, 6.45) is 1.42.